The Bertz CT molecular complexity index is 816. The maximum absolute atomic E-state index is 12.8. The van der Waals surface area contributed by atoms with Crippen LogP contribution in [-0.4, -0.2) is 48.4 Å². The van der Waals surface area contributed by atoms with Crippen molar-refractivity contribution in [2.45, 2.75) is 37.6 Å². The zero-order chi connectivity index (χ0) is 18.8. The molecule has 1 aromatic carbocycles. The van der Waals surface area contributed by atoms with E-state index in [2.05, 4.69) is 15.5 Å². The van der Waals surface area contributed by atoms with Crippen molar-refractivity contribution in [3.05, 3.63) is 35.5 Å². The highest BCUT2D eigenvalue weighted by atomic mass is 16.7. The van der Waals surface area contributed by atoms with Gasteiger partial charge in [0.05, 0.1) is 0 Å². The molecule has 8 heteroatoms. The number of hydrogen-bond donors (Lipinski definition) is 1. The molecular formula is C19H24N4O4. The molecule has 0 bridgehead atoms. The summed E-state index contributed by atoms with van der Waals surface area (Å²) in [4.78, 5) is 19.1. The SMILES string of the molecule is CN(C)[C@@H](C(=O)NCCc1noc(C2CCC2)n1)c1ccc2c(c1)OCO2. The highest BCUT2D eigenvalue weighted by molar-refractivity contribution is 5.83. The van der Waals surface area contributed by atoms with Crippen LogP contribution >= 0.6 is 0 Å². The van der Waals surface area contributed by atoms with E-state index in [0.29, 0.717) is 36.2 Å². The average molecular weight is 372 g/mol. The minimum atomic E-state index is -0.421. The van der Waals surface area contributed by atoms with Crippen molar-refractivity contribution < 1.29 is 18.8 Å². The molecule has 144 valence electrons. The van der Waals surface area contributed by atoms with Crippen LogP contribution in [0, 0.1) is 0 Å². The first kappa shape index (κ1) is 17.8. The molecule has 2 aliphatic rings. The van der Waals surface area contributed by atoms with Crippen LogP contribution in [0.2, 0.25) is 0 Å². The molecular weight excluding hydrogens is 348 g/mol. The molecule has 4 rings (SSSR count). The van der Waals surface area contributed by atoms with Crippen molar-refractivity contribution in [2.75, 3.05) is 27.4 Å². The van der Waals surface area contributed by atoms with Crippen LogP contribution in [0.3, 0.4) is 0 Å². The zero-order valence-corrected chi connectivity index (χ0v) is 15.6. The summed E-state index contributed by atoms with van der Waals surface area (Å²) in [6.07, 6.45) is 4.02. The number of amides is 1. The molecule has 0 unspecified atom stereocenters. The average Bonchev–Trinajstić information content (AvgIpc) is 3.22. The molecule has 1 saturated carbocycles. The van der Waals surface area contributed by atoms with Crippen LogP contribution < -0.4 is 14.8 Å². The van der Waals surface area contributed by atoms with E-state index < -0.39 is 6.04 Å². The Labute approximate surface area is 157 Å². The summed E-state index contributed by atoms with van der Waals surface area (Å²) in [6, 6.07) is 5.16. The van der Waals surface area contributed by atoms with Gasteiger partial charge in [-0.25, -0.2) is 0 Å². The number of hydrogen-bond acceptors (Lipinski definition) is 7. The molecule has 1 atom stereocenters. The molecule has 1 N–H and O–H groups in total. The van der Waals surface area contributed by atoms with Crippen molar-refractivity contribution >= 4 is 5.91 Å². The monoisotopic (exact) mass is 372 g/mol. The van der Waals surface area contributed by atoms with E-state index in [1.165, 1.54) is 6.42 Å². The molecule has 27 heavy (non-hydrogen) atoms. The minimum Gasteiger partial charge on any atom is -0.454 e. The lowest BCUT2D eigenvalue weighted by Gasteiger charge is -2.24. The third-order valence-corrected chi connectivity index (χ3v) is 5.06. The second kappa shape index (κ2) is 7.56. The maximum atomic E-state index is 12.8. The summed E-state index contributed by atoms with van der Waals surface area (Å²) in [7, 11) is 3.75. The van der Waals surface area contributed by atoms with Crippen LogP contribution in [0.1, 0.15) is 48.5 Å². The van der Waals surface area contributed by atoms with E-state index in [4.69, 9.17) is 14.0 Å². The molecule has 0 saturated heterocycles. The summed E-state index contributed by atoms with van der Waals surface area (Å²) in [5.41, 5.74) is 0.855. The van der Waals surface area contributed by atoms with Gasteiger partial charge in [-0.1, -0.05) is 17.6 Å². The Morgan fingerprint density at radius 1 is 1.30 bits per heavy atom. The van der Waals surface area contributed by atoms with E-state index in [9.17, 15) is 4.79 Å². The number of likely N-dealkylation sites (N-methyl/N-ethyl adjacent to an activating group) is 1. The van der Waals surface area contributed by atoms with Gasteiger partial charge in [0.2, 0.25) is 18.6 Å². The van der Waals surface area contributed by atoms with Gasteiger partial charge in [-0.3, -0.25) is 9.69 Å². The fourth-order valence-electron chi connectivity index (χ4n) is 3.35. The van der Waals surface area contributed by atoms with Crippen LogP contribution in [-0.2, 0) is 11.2 Å². The summed E-state index contributed by atoms with van der Waals surface area (Å²) >= 11 is 0. The van der Waals surface area contributed by atoms with Gasteiger partial charge in [0.15, 0.2) is 17.3 Å². The highest BCUT2D eigenvalue weighted by Crippen LogP contribution is 2.36. The third kappa shape index (κ3) is 3.75. The molecule has 1 aromatic heterocycles. The standard InChI is InChI=1S/C19H24N4O4/c1-23(2)17(13-6-7-14-15(10-13)26-11-25-14)18(24)20-9-8-16-21-19(27-22-16)12-4-3-5-12/h6-7,10,12,17H,3-5,8-9,11H2,1-2H3,(H,20,24)/t17-/m1/s1. The van der Waals surface area contributed by atoms with Gasteiger partial charge in [0.25, 0.3) is 0 Å². The Morgan fingerprint density at radius 3 is 2.85 bits per heavy atom. The molecule has 1 aliphatic carbocycles. The van der Waals surface area contributed by atoms with Gasteiger partial charge >= 0.3 is 0 Å². The topological polar surface area (TPSA) is 89.7 Å². The van der Waals surface area contributed by atoms with Gasteiger partial charge in [0, 0.05) is 18.9 Å². The van der Waals surface area contributed by atoms with Crippen molar-refractivity contribution in [2.24, 2.45) is 0 Å². The lowest BCUT2D eigenvalue weighted by Crippen LogP contribution is -2.38. The second-order valence-corrected chi connectivity index (χ2v) is 7.20. The maximum Gasteiger partial charge on any atom is 0.241 e. The lowest BCUT2D eigenvalue weighted by atomic mass is 9.85. The normalized spacial score (nSPS) is 17.0. The van der Waals surface area contributed by atoms with Crippen molar-refractivity contribution in [1.29, 1.82) is 0 Å². The van der Waals surface area contributed by atoms with E-state index in [1.54, 1.807) is 0 Å². The number of aromatic nitrogens is 2. The smallest absolute Gasteiger partial charge is 0.241 e. The molecule has 1 amide bonds. The number of rotatable bonds is 7. The quantitative estimate of drug-likeness (QED) is 0.795. The van der Waals surface area contributed by atoms with Crippen LogP contribution in [0.15, 0.2) is 22.7 Å². The Balaban J connectivity index is 1.35. The number of nitrogens with one attached hydrogen (secondary N) is 1. The third-order valence-electron chi connectivity index (χ3n) is 5.06. The van der Waals surface area contributed by atoms with Gasteiger partial charge in [0.1, 0.15) is 6.04 Å². The molecule has 0 radical (unpaired) electrons. The molecule has 2 aromatic rings. The van der Waals surface area contributed by atoms with Gasteiger partial charge in [-0.05, 0) is 44.6 Å². The van der Waals surface area contributed by atoms with Crippen LogP contribution in [0.5, 0.6) is 11.5 Å². The van der Waals surface area contributed by atoms with E-state index in [1.807, 2.05) is 37.2 Å². The number of ether oxygens (including phenoxy) is 2. The Hall–Kier alpha value is -2.61. The summed E-state index contributed by atoms with van der Waals surface area (Å²) in [5.74, 6) is 3.08. The summed E-state index contributed by atoms with van der Waals surface area (Å²) in [5, 5.41) is 6.99. The van der Waals surface area contributed by atoms with Crippen molar-refractivity contribution in [3.8, 4) is 11.5 Å². The number of carbonyl (C=O) groups excluding carboxylic acids is 1. The molecule has 8 nitrogen and oxygen atoms in total. The highest BCUT2D eigenvalue weighted by Gasteiger charge is 2.27. The van der Waals surface area contributed by atoms with Gasteiger partial charge in [-0.2, -0.15) is 4.98 Å². The first-order valence-corrected chi connectivity index (χ1v) is 9.28. The first-order valence-electron chi connectivity index (χ1n) is 9.28. The van der Waals surface area contributed by atoms with Crippen molar-refractivity contribution in [1.82, 2.24) is 20.4 Å². The Morgan fingerprint density at radius 2 is 2.11 bits per heavy atom. The number of benzene rings is 1. The zero-order valence-electron chi connectivity index (χ0n) is 15.6. The first-order chi connectivity index (χ1) is 13.1. The molecule has 1 fully saturated rings. The van der Waals surface area contributed by atoms with Gasteiger partial charge in [-0.15, -0.1) is 0 Å². The fourth-order valence-corrected chi connectivity index (χ4v) is 3.35. The number of carbonyl (C=O) groups is 1. The number of fused-ring (bicyclic) bond motifs is 1. The fraction of sp³-hybridized carbons (Fsp3) is 0.526. The van der Waals surface area contributed by atoms with Crippen molar-refractivity contribution in [3.63, 3.8) is 0 Å². The van der Waals surface area contributed by atoms with E-state index in [-0.39, 0.29) is 12.7 Å². The van der Waals surface area contributed by atoms with E-state index in [0.717, 1.165) is 24.3 Å². The summed E-state index contributed by atoms with van der Waals surface area (Å²) < 4.78 is 16.1. The Kier molecular flexibility index (Phi) is 4.98. The largest absolute Gasteiger partial charge is 0.454 e. The summed E-state index contributed by atoms with van der Waals surface area (Å²) in [6.45, 7) is 0.669. The number of nitrogens with zero attached hydrogens (tertiary/aromatic N) is 3. The second-order valence-electron chi connectivity index (χ2n) is 7.20. The lowest BCUT2D eigenvalue weighted by molar-refractivity contribution is -0.125. The molecule has 1 aliphatic heterocycles. The van der Waals surface area contributed by atoms with E-state index >= 15 is 0 Å². The predicted octanol–water partition coefficient (Wildman–Crippen LogP) is 2.03. The predicted molar refractivity (Wildman–Crippen MR) is 96.6 cm³/mol. The van der Waals surface area contributed by atoms with Gasteiger partial charge < -0.3 is 19.3 Å². The minimum absolute atomic E-state index is 0.0819. The van der Waals surface area contributed by atoms with Crippen LogP contribution in [0.25, 0.3) is 0 Å². The molecule has 0 spiro atoms. The molecule has 2 heterocycles. The van der Waals surface area contributed by atoms with Crippen LogP contribution in [0.4, 0.5) is 0 Å².